The minimum atomic E-state index is -0.567. The van der Waals surface area contributed by atoms with Gasteiger partial charge < -0.3 is 4.74 Å². The quantitative estimate of drug-likeness (QED) is 0.467. The van der Waals surface area contributed by atoms with Crippen LogP contribution in [-0.2, 0) is 9.53 Å². The Labute approximate surface area is 125 Å². The van der Waals surface area contributed by atoms with Crippen molar-refractivity contribution in [1.82, 2.24) is 0 Å². The highest BCUT2D eigenvalue weighted by molar-refractivity contribution is 6.30. The van der Waals surface area contributed by atoms with Gasteiger partial charge in [0, 0.05) is 11.2 Å². The maximum Gasteiger partial charge on any atom is 0.331 e. The molecule has 0 aliphatic heterocycles. The highest BCUT2D eigenvalue weighted by Crippen LogP contribution is 2.13. The van der Waals surface area contributed by atoms with Crippen LogP contribution in [0.4, 0.5) is 0 Å². The molecule has 0 radical (unpaired) electrons. The number of nitrogens with zero attached hydrogens (tertiary/aromatic N) is 1. The van der Waals surface area contributed by atoms with Crippen molar-refractivity contribution in [3.05, 3.63) is 47.5 Å². The first kappa shape index (κ1) is 16.4. The molecule has 0 bridgehead atoms. The molecule has 0 heterocycles. The van der Waals surface area contributed by atoms with E-state index in [9.17, 15) is 4.79 Å². The lowest BCUT2D eigenvalue weighted by Gasteiger charge is -2.21. The first-order valence-corrected chi connectivity index (χ1v) is 6.82. The minimum absolute atomic E-state index is 0.345. The number of halogens is 1. The summed E-state index contributed by atoms with van der Waals surface area (Å²) in [5.41, 5.74) is 0.360. The Balaban J connectivity index is 2.78. The van der Waals surface area contributed by atoms with Crippen LogP contribution in [0, 0.1) is 0 Å². The number of hydrogen-bond acceptors (Lipinski definition) is 3. The van der Waals surface area contributed by atoms with Crippen LogP contribution in [0.2, 0.25) is 5.02 Å². The summed E-state index contributed by atoms with van der Waals surface area (Å²) in [5, 5.41) is 0.664. The highest BCUT2D eigenvalue weighted by Gasteiger charge is 2.23. The van der Waals surface area contributed by atoms with Gasteiger partial charge in [0.05, 0.1) is 0 Å². The molecule has 0 saturated heterocycles. The predicted molar refractivity (Wildman–Crippen MR) is 83.5 cm³/mol. The Kier molecular flexibility index (Phi) is 5.96. The van der Waals surface area contributed by atoms with Crippen LogP contribution in [0.25, 0.3) is 0 Å². The van der Waals surface area contributed by atoms with Crippen molar-refractivity contribution in [2.75, 3.05) is 0 Å². The second kappa shape index (κ2) is 7.25. The van der Waals surface area contributed by atoms with E-state index >= 15 is 0 Å². The Morgan fingerprint density at radius 2 is 2.00 bits per heavy atom. The zero-order chi connectivity index (χ0) is 15.2. The predicted octanol–water partition coefficient (Wildman–Crippen LogP) is 4.05. The molecular formula is C16H20ClNO2. The van der Waals surface area contributed by atoms with E-state index in [0.717, 1.165) is 5.56 Å². The molecule has 1 aromatic carbocycles. The standard InChI is InChI=1S/C16H20ClNO2/c1-5-6-14(15(19)20-16(2,3)4)18-11-12-7-9-13(17)10-8-12/h5,7-11,14H,1,6H2,2-4H3/t14-/m0/s1. The van der Waals surface area contributed by atoms with Crippen LogP contribution in [0.1, 0.15) is 32.8 Å². The summed E-state index contributed by atoms with van der Waals surface area (Å²) < 4.78 is 5.34. The number of hydrogen-bond donors (Lipinski definition) is 0. The van der Waals surface area contributed by atoms with E-state index in [1.807, 2.05) is 32.9 Å². The van der Waals surface area contributed by atoms with Crippen molar-refractivity contribution in [3.8, 4) is 0 Å². The second-order valence-corrected chi connectivity index (χ2v) is 5.84. The van der Waals surface area contributed by atoms with E-state index in [1.54, 1.807) is 24.4 Å². The fourth-order valence-electron chi connectivity index (χ4n) is 1.47. The number of rotatable bonds is 5. The van der Waals surface area contributed by atoms with Crippen molar-refractivity contribution >= 4 is 23.8 Å². The number of carbonyl (C=O) groups excluding carboxylic acids is 1. The average Bonchev–Trinajstić information content (AvgIpc) is 2.34. The number of benzene rings is 1. The normalized spacial score (nSPS) is 13.2. The van der Waals surface area contributed by atoms with Gasteiger partial charge in [-0.15, -0.1) is 6.58 Å². The fraction of sp³-hybridized carbons (Fsp3) is 0.375. The summed E-state index contributed by atoms with van der Waals surface area (Å²) in [6.45, 7) is 9.14. The van der Waals surface area contributed by atoms with Gasteiger partial charge in [-0.1, -0.05) is 29.8 Å². The largest absolute Gasteiger partial charge is 0.458 e. The Morgan fingerprint density at radius 3 is 2.50 bits per heavy atom. The van der Waals surface area contributed by atoms with E-state index < -0.39 is 11.6 Å². The third kappa shape index (κ3) is 6.02. The van der Waals surface area contributed by atoms with Crippen LogP contribution >= 0.6 is 11.6 Å². The topological polar surface area (TPSA) is 38.7 Å². The lowest BCUT2D eigenvalue weighted by atomic mass is 10.1. The van der Waals surface area contributed by atoms with Crippen LogP contribution in [0.3, 0.4) is 0 Å². The molecule has 3 nitrogen and oxygen atoms in total. The molecule has 1 aromatic rings. The molecule has 0 aliphatic rings. The molecule has 0 unspecified atom stereocenters. The summed E-state index contributed by atoms with van der Waals surface area (Å²) in [7, 11) is 0. The lowest BCUT2D eigenvalue weighted by molar-refractivity contribution is -0.156. The van der Waals surface area contributed by atoms with E-state index in [1.165, 1.54) is 0 Å². The van der Waals surface area contributed by atoms with Crippen LogP contribution in [0.5, 0.6) is 0 Å². The highest BCUT2D eigenvalue weighted by atomic mass is 35.5. The first-order chi connectivity index (χ1) is 9.31. The number of esters is 1. The van der Waals surface area contributed by atoms with E-state index in [-0.39, 0.29) is 5.97 Å². The third-order valence-corrected chi connectivity index (χ3v) is 2.59. The van der Waals surface area contributed by atoms with E-state index in [0.29, 0.717) is 11.4 Å². The van der Waals surface area contributed by atoms with Gasteiger partial charge in [0.1, 0.15) is 5.60 Å². The van der Waals surface area contributed by atoms with Crippen molar-refractivity contribution in [2.45, 2.75) is 38.8 Å². The first-order valence-electron chi connectivity index (χ1n) is 6.44. The second-order valence-electron chi connectivity index (χ2n) is 5.40. The molecule has 0 fully saturated rings. The van der Waals surface area contributed by atoms with Gasteiger partial charge in [-0.05, 0) is 44.9 Å². The molecule has 1 atom stereocenters. The average molecular weight is 294 g/mol. The van der Waals surface area contributed by atoms with Crippen molar-refractivity contribution in [1.29, 1.82) is 0 Å². The molecule has 0 spiro atoms. The van der Waals surface area contributed by atoms with Gasteiger partial charge in [0.25, 0.3) is 0 Å². The monoisotopic (exact) mass is 293 g/mol. The van der Waals surface area contributed by atoms with Gasteiger partial charge in [-0.3, -0.25) is 4.99 Å². The number of ether oxygens (including phenoxy) is 1. The van der Waals surface area contributed by atoms with Crippen molar-refractivity contribution < 1.29 is 9.53 Å². The molecule has 4 heteroatoms. The van der Waals surface area contributed by atoms with E-state index in [2.05, 4.69) is 11.6 Å². The number of carbonyl (C=O) groups is 1. The minimum Gasteiger partial charge on any atom is -0.458 e. The molecule has 0 aliphatic carbocycles. The summed E-state index contributed by atoms with van der Waals surface area (Å²) >= 11 is 5.82. The molecule has 1 rings (SSSR count). The summed E-state index contributed by atoms with van der Waals surface area (Å²) in [5.74, 6) is -0.345. The molecule has 0 saturated carbocycles. The Morgan fingerprint density at radius 1 is 1.40 bits per heavy atom. The van der Waals surface area contributed by atoms with Crippen LogP contribution < -0.4 is 0 Å². The third-order valence-electron chi connectivity index (χ3n) is 2.34. The number of aliphatic imine (C=N–C) groups is 1. The maximum absolute atomic E-state index is 12.0. The Hall–Kier alpha value is -1.61. The molecular weight excluding hydrogens is 274 g/mol. The van der Waals surface area contributed by atoms with Crippen molar-refractivity contribution in [2.24, 2.45) is 4.99 Å². The molecule has 0 amide bonds. The molecule has 0 aromatic heterocycles. The van der Waals surface area contributed by atoms with Gasteiger partial charge in [0.15, 0.2) is 6.04 Å². The molecule has 108 valence electrons. The summed E-state index contributed by atoms with van der Waals surface area (Å²) in [6.07, 6.45) is 3.75. The van der Waals surface area contributed by atoms with Crippen LogP contribution in [-0.4, -0.2) is 23.8 Å². The fourth-order valence-corrected chi connectivity index (χ4v) is 1.60. The summed E-state index contributed by atoms with van der Waals surface area (Å²) in [6, 6.07) is 6.66. The van der Waals surface area contributed by atoms with Crippen LogP contribution in [0.15, 0.2) is 41.9 Å². The van der Waals surface area contributed by atoms with Gasteiger partial charge in [-0.25, -0.2) is 4.79 Å². The zero-order valence-corrected chi connectivity index (χ0v) is 12.9. The zero-order valence-electron chi connectivity index (χ0n) is 12.1. The molecule has 0 N–H and O–H groups in total. The Bertz CT molecular complexity index is 486. The van der Waals surface area contributed by atoms with Gasteiger partial charge in [0.2, 0.25) is 0 Å². The SMILES string of the molecule is C=CC[C@H](N=Cc1ccc(Cl)cc1)C(=O)OC(C)(C)C. The smallest absolute Gasteiger partial charge is 0.331 e. The van der Waals surface area contributed by atoms with Gasteiger partial charge >= 0.3 is 5.97 Å². The molecule has 20 heavy (non-hydrogen) atoms. The van der Waals surface area contributed by atoms with Crippen molar-refractivity contribution in [3.63, 3.8) is 0 Å². The summed E-state index contributed by atoms with van der Waals surface area (Å²) in [4.78, 5) is 16.3. The maximum atomic E-state index is 12.0. The lowest BCUT2D eigenvalue weighted by Crippen LogP contribution is -2.30. The van der Waals surface area contributed by atoms with E-state index in [4.69, 9.17) is 16.3 Å². The van der Waals surface area contributed by atoms with Gasteiger partial charge in [-0.2, -0.15) is 0 Å².